The van der Waals surface area contributed by atoms with Gasteiger partial charge in [-0.1, -0.05) is 64.7 Å². The van der Waals surface area contributed by atoms with E-state index in [2.05, 4.69) is 11.1 Å². The first-order chi connectivity index (χ1) is 10.2. The second-order valence-electron chi connectivity index (χ2n) is 5.61. The van der Waals surface area contributed by atoms with Crippen molar-refractivity contribution in [1.82, 2.24) is 0 Å². The SMILES string of the molecule is CCCCCCCCCCCCC1OCC(OS(=O)O)O1. The summed E-state index contributed by atoms with van der Waals surface area (Å²) in [6, 6.07) is 0. The highest BCUT2D eigenvalue weighted by Crippen LogP contribution is 2.19. The van der Waals surface area contributed by atoms with Crippen molar-refractivity contribution in [3.8, 4) is 0 Å². The molecule has 6 heteroatoms. The van der Waals surface area contributed by atoms with E-state index in [1.165, 1.54) is 57.8 Å². The van der Waals surface area contributed by atoms with Crippen LogP contribution < -0.4 is 0 Å². The van der Waals surface area contributed by atoms with E-state index in [4.69, 9.17) is 14.0 Å². The van der Waals surface area contributed by atoms with E-state index < -0.39 is 17.7 Å². The van der Waals surface area contributed by atoms with Gasteiger partial charge in [0.1, 0.15) is 6.61 Å². The predicted octanol–water partition coefficient (Wildman–Crippen LogP) is 4.15. The molecule has 1 aliphatic heterocycles. The molecule has 0 aromatic carbocycles. The Labute approximate surface area is 131 Å². The lowest BCUT2D eigenvalue weighted by Crippen LogP contribution is -2.17. The first kappa shape index (κ1) is 19.0. The molecule has 0 aromatic heterocycles. The fraction of sp³-hybridized carbons (Fsp3) is 1.00. The third-order valence-corrected chi connectivity index (χ3v) is 4.08. The summed E-state index contributed by atoms with van der Waals surface area (Å²) in [5.41, 5.74) is 0. The largest absolute Gasteiger partial charge is 0.347 e. The molecule has 0 aliphatic carbocycles. The fourth-order valence-electron chi connectivity index (χ4n) is 2.53. The Balaban J connectivity index is 1.83. The second-order valence-corrected chi connectivity index (χ2v) is 6.24. The topological polar surface area (TPSA) is 65.0 Å². The molecule has 1 heterocycles. The van der Waals surface area contributed by atoms with Gasteiger partial charge >= 0.3 is 11.4 Å². The Morgan fingerprint density at radius 3 is 2.19 bits per heavy atom. The first-order valence-corrected chi connectivity index (χ1v) is 9.30. The van der Waals surface area contributed by atoms with Gasteiger partial charge in [-0.05, 0) is 12.8 Å². The molecule has 3 unspecified atom stereocenters. The lowest BCUT2D eigenvalue weighted by molar-refractivity contribution is -0.105. The summed E-state index contributed by atoms with van der Waals surface area (Å²) in [4.78, 5) is 0. The second kappa shape index (κ2) is 12.5. The third kappa shape index (κ3) is 10.4. The molecular formula is C15H30O5S. The standard InChI is InChI=1S/C15H30O5S/c1-2-3-4-5-6-7-8-9-10-11-12-14-18-13-15(19-14)20-21(16)17/h14-15H,2-13H2,1H3,(H,16,17). The summed E-state index contributed by atoms with van der Waals surface area (Å²) in [5.74, 6) is 0. The van der Waals surface area contributed by atoms with Crippen molar-refractivity contribution in [3.05, 3.63) is 0 Å². The van der Waals surface area contributed by atoms with Crippen molar-refractivity contribution in [2.24, 2.45) is 0 Å². The van der Waals surface area contributed by atoms with Gasteiger partial charge in [0.25, 0.3) is 0 Å². The van der Waals surface area contributed by atoms with Crippen molar-refractivity contribution in [1.29, 1.82) is 0 Å². The normalized spacial score (nSPS) is 23.5. The fourth-order valence-corrected chi connectivity index (χ4v) is 2.81. The van der Waals surface area contributed by atoms with Crippen LogP contribution >= 0.6 is 0 Å². The molecule has 0 bridgehead atoms. The Morgan fingerprint density at radius 1 is 1.05 bits per heavy atom. The maximum absolute atomic E-state index is 10.5. The van der Waals surface area contributed by atoms with E-state index in [1.807, 2.05) is 0 Å². The van der Waals surface area contributed by atoms with Crippen LogP contribution in [0, 0.1) is 0 Å². The molecule has 0 saturated carbocycles. The molecule has 21 heavy (non-hydrogen) atoms. The van der Waals surface area contributed by atoms with E-state index in [1.54, 1.807) is 0 Å². The lowest BCUT2D eigenvalue weighted by atomic mass is 10.1. The molecule has 0 radical (unpaired) electrons. The minimum absolute atomic E-state index is 0.231. The van der Waals surface area contributed by atoms with E-state index in [0.717, 1.165) is 12.8 Å². The molecule has 3 atom stereocenters. The van der Waals surface area contributed by atoms with Crippen molar-refractivity contribution in [2.75, 3.05) is 6.61 Å². The number of unbranched alkanes of at least 4 members (excludes halogenated alkanes) is 9. The zero-order valence-corrected chi connectivity index (χ0v) is 13.9. The molecular weight excluding hydrogens is 292 g/mol. The first-order valence-electron chi connectivity index (χ1n) is 8.27. The Kier molecular flexibility index (Phi) is 11.4. The Morgan fingerprint density at radius 2 is 1.62 bits per heavy atom. The number of rotatable bonds is 13. The average Bonchev–Trinajstić information content (AvgIpc) is 2.87. The van der Waals surface area contributed by atoms with Crippen molar-refractivity contribution < 1.29 is 22.4 Å². The van der Waals surface area contributed by atoms with Gasteiger partial charge in [0.15, 0.2) is 6.29 Å². The molecule has 126 valence electrons. The van der Waals surface area contributed by atoms with Crippen LogP contribution in [-0.4, -0.2) is 27.9 Å². The molecule has 5 nitrogen and oxygen atoms in total. The monoisotopic (exact) mass is 322 g/mol. The minimum atomic E-state index is -2.29. The summed E-state index contributed by atoms with van der Waals surface area (Å²) < 4.78 is 34.4. The van der Waals surface area contributed by atoms with Gasteiger partial charge in [-0.3, -0.25) is 4.55 Å². The summed E-state index contributed by atoms with van der Waals surface area (Å²) in [7, 11) is 0. The van der Waals surface area contributed by atoms with Crippen LogP contribution in [0.25, 0.3) is 0 Å². The molecule has 1 rings (SSSR count). The summed E-state index contributed by atoms with van der Waals surface area (Å²) in [5, 5.41) is 0. The smallest absolute Gasteiger partial charge is 0.304 e. The van der Waals surface area contributed by atoms with Crippen molar-refractivity contribution >= 4 is 11.4 Å². The predicted molar refractivity (Wildman–Crippen MR) is 82.9 cm³/mol. The van der Waals surface area contributed by atoms with Gasteiger partial charge in [-0.2, -0.15) is 4.21 Å². The van der Waals surface area contributed by atoms with E-state index >= 15 is 0 Å². The van der Waals surface area contributed by atoms with Gasteiger partial charge in [-0.15, -0.1) is 0 Å². The summed E-state index contributed by atoms with van der Waals surface area (Å²) in [6.07, 6.45) is 12.8. The number of hydrogen-bond acceptors (Lipinski definition) is 4. The van der Waals surface area contributed by atoms with E-state index in [9.17, 15) is 4.21 Å². The van der Waals surface area contributed by atoms with E-state index in [-0.39, 0.29) is 12.9 Å². The maximum Gasteiger partial charge on any atom is 0.304 e. The van der Waals surface area contributed by atoms with Gasteiger partial charge < -0.3 is 9.47 Å². The summed E-state index contributed by atoms with van der Waals surface area (Å²) >= 11 is -2.29. The molecule has 0 spiro atoms. The molecule has 1 aliphatic rings. The number of hydrogen-bond donors (Lipinski definition) is 1. The van der Waals surface area contributed by atoms with Crippen LogP contribution in [0.1, 0.15) is 77.6 Å². The molecule has 1 N–H and O–H groups in total. The van der Waals surface area contributed by atoms with Gasteiger partial charge in [0.05, 0.1) is 0 Å². The van der Waals surface area contributed by atoms with Crippen LogP contribution in [0.3, 0.4) is 0 Å². The Bertz CT molecular complexity index is 275. The lowest BCUT2D eigenvalue weighted by Gasteiger charge is -2.10. The molecule has 0 aromatic rings. The molecule has 0 amide bonds. The Hall–Kier alpha value is -0.0100. The zero-order chi connectivity index (χ0) is 15.3. The average molecular weight is 322 g/mol. The van der Waals surface area contributed by atoms with Crippen molar-refractivity contribution in [2.45, 2.75) is 90.1 Å². The summed E-state index contributed by atoms with van der Waals surface area (Å²) in [6.45, 7) is 2.48. The highest BCUT2D eigenvalue weighted by atomic mass is 32.2. The highest BCUT2D eigenvalue weighted by Gasteiger charge is 2.27. The van der Waals surface area contributed by atoms with Crippen molar-refractivity contribution in [3.63, 3.8) is 0 Å². The van der Waals surface area contributed by atoms with Gasteiger partial charge in [0, 0.05) is 0 Å². The zero-order valence-electron chi connectivity index (χ0n) is 13.1. The maximum atomic E-state index is 10.5. The van der Waals surface area contributed by atoms with Crippen LogP contribution in [0.2, 0.25) is 0 Å². The van der Waals surface area contributed by atoms with Crippen LogP contribution in [0.15, 0.2) is 0 Å². The van der Waals surface area contributed by atoms with Gasteiger partial charge in [0.2, 0.25) is 6.29 Å². The molecule has 1 fully saturated rings. The quantitative estimate of drug-likeness (QED) is 0.407. The van der Waals surface area contributed by atoms with E-state index in [0.29, 0.717) is 0 Å². The minimum Gasteiger partial charge on any atom is -0.347 e. The number of ether oxygens (including phenoxy) is 2. The third-order valence-electron chi connectivity index (χ3n) is 3.70. The van der Waals surface area contributed by atoms with Crippen LogP contribution in [0.5, 0.6) is 0 Å². The van der Waals surface area contributed by atoms with Crippen LogP contribution in [-0.2, 0) is 25.0 Å². The van der Waals surface area contributed by atoms with Gasteiger partial charge in [-0.25, -0.2) is 4.18 Å². The molecule has 1 saturated heterocycles. The van der Waals surface area contributed by atoms with Crippen LogP contribution in [0.4, 0.5) is 0 Å². The highest BCUT2D eigenvalue weighted by molar-refractivity contribution is 7.74.